The Kier molecular flexibility index (Phi) is 5.11. The van der Waals surface area contributed by atoms with Gasteiger partial charge in [-0.3, -0.25) is 4.79 Å². The van der Waals surface area contributed by atoms with Crippen LogP contribution in [0.3, 0.4) is 0 Å². The lowest BCUT2D eigenvalue weighted by atomic mass is 10.2. The van der Waals surface area contributed by atoms with Crippen molar-refractivity contribution in [2.24, 2.45) is 0 Å². The Morgan fingerprint density at radius 2 is 1.87 bits per heavy atom. The third kappa shape index (κ3) is 5.93. The summed E-state index contributed by atoms with van der Waals surface area (Å²) in [6, 6.07) is -0.537. The first-order valence-corrected chi connectivity index (χ1v) is 5.01. The molecule has 0 aliphatic carbocycles. The van der Waals surface area contributed by atoms with Crippen LogP contribution in [0.5, 0.6) is 0 Å². The predicted octanol–water partition coefficient (Wildman–Crippen LogP) is 1.04. The van der Waals surface area contributed by atoms with Crippen molar-refractivity contribution in [3.05, 3.63) is 0 Å². The second-order valence-electron chi connectivity index (χ2n) is 4.22. The van der Waals surface area contributed by atoms with Crippen LogP contribution in [0.25, 0.3) is 0 Å². The van der Waals surface area contributed by atoms with Crippen LogP contribution in [0.4, 0.5) is 4.79 Å². The van der Waals surface area contributed by atoms with E-state index in [2.05, 4.69) is 10.6 Å². The van der Waals surface area contributed by atoms with Gasteiger partial charge in [0.2, 0.25) is 5.91 Å². The van der Waals surface area contributed by atoms with E-state index in [1.807, 2.05) is 6.92 Å². The number of alkyl carbamates (subject to hydrolysis) is 1. The van der Waals surface area contributed by atoms with Crippen molar-refractivity contribution in [3.8, 4) is 0 Å². The number of carbonyl (C=O) groups is 2. The van der Waals surface area contributed by atoms with E-state index < -0.39 is 17.7 Å². The molecule has 88 valence electrons. The van der Waals surface area contributed by atoms with Gasteiger partial charge in [0.25, 0.3) is 0 Å². The van der Waals surface area contributed by atoms with Crippen molar-refractivity contribution in [1.29, 1.82) is 0 Å². The van der Waals surface area contributed by atoms with Gasteiger partial charge in [0.1, 0.15) is 11.6 Å². The fraction of sp³-hybridized carbons (Fsp3) is 0.800. The highest BCUT2D eigenvalue weighted by Crippen LogP contribution is 2.07. The van der Waals surface area contributed by atoms with Gasteiger partial charge in [0.15, 0.2) is 0 Å². The molecule has 0 aliphatic rings. The van der Waals surface area contributed by atoms with Gasteiger partial charge < -0.3 is 15.4 Å². The Morgan fingerprint density at radius 1 is 1.33 bits per heavy atom. The average Bonchev–Trinajstić information content (AvgIpc) is 2.10. The highest BCUT2D eigenvalue weighted by atomic mass is 16.6. The molecule has 1 atom stereocenters. The van der Waals surface area contributed by atoms with Gasteiger partial charge >= 0.3 is 6.09 Å². The van der Waals surface area contributed by atoms with Crippen LogP contribution in [-0.4, -0.2) is 30.7 Å². The molecule has 0 saturated carbocycles. The molecule has 5 nitrogen and oxygen atoms in total. The minimum Gasteiger partial charge on any atom is -0.444 e. The van der Waals surface area contributed by atoms with E-state index in [0.29, 0.717) is 6.42 Å². The molecule has 0 bridgehead atoms. The van der Waals surface area contributed by atoms with Crippen molar-refractivity contribution in [1.82, 2.24) is 10.6 Å². The van der Waals surface area contributed by atoms with Crippen molar-refractivity contribution >= 4 is 12.0 Å². The zero-order valence-corrected chi connectivity index (χ0v) is 10.0. The minimum atomic E-state index is -0.571. The summed E-state index contributed by atoms with van der Waals surface area (Å²) >= 11 is 0. The predicted molar refractivity (Wildman–Crippen MR) is 57.5 cm³/mol. The van der Waals surface area contributed by atoms with Gasteiger partial charge in [0, 0.05) is 7.05 Å². The molecule has 15 heavy (non-hydrogen) atoms. The van der Waals surface area contributed by atoms with E-state index >= 15 is 0 Å². The van der Waals surface area contributed by atoms with Crippen LogP contribution in [0.2, 0.25) is 0 Å². The van der Waals surface area contributed by atoms with Crippen LogP contribution in [0.15, 0.2) is 0 Å². The molecule has 0 heterocycles. The van der Waals surface area contributed by atoms with Crippen molar-refractivity contribution in [2.45, 2.75) is 45.8 Å². The lowest BCUT2D eigenvalue weighted by Gasteiger charge is -2.22. The number of likely N-dealkylation sites (N-methyl/N-ethyl adjacent to an activating group) is 1. The second-order valence-corrected chi connectivity index (χ2v) is 4.22. The van der Waals surface area contributed by atoms with E-state index in [1.54, 1.807) is 20.8 Å². The number of carbonyl (C=O) groups excluding carboxylic acids is 2. The van der Waals surface area contributed by atoms with Gasteiger partial charge in [-0.15, -0.1) is 0 Å². The highest BCUT2D eigenvalue weighted by Gasteiger charge is 2.21. The number of hydrogen-bond donors (Lipinski definition) is 2. The summed E-state index contributed by atoms with van der Waals surface area (Å²) < 4.78 is 5.03. The van der Waals surface area contributed by atoms with Gasteiger partial charge in [-0.05, 0) is 27.2 Å². The van der Waals surface area contributed by atoms with Crippen LogP contribution < -0.4 is 10.6 Å². The quantitative estimate of drug-likeness (QED) is 0.740. The number of amides is 2. The SMILES string of the molecule is CCC(NC(=O)OC(C)(C)C)C(=O)NC. The standard InChI is InChI=1S/C10H20N2O3/c1-6-7(8(13)11-5)12-9(14)15-10(2,3)4/h7H,6H2,1-5H3,(H,11,13)(H,12,14). The van der Waals surface area contributed by atoms with Gasteiger partial charge in [-0.1, -0.05) is 6.92 Å². The van der Waals surface area contributed by atoms with E-state index in [1.165, 1.54) is 7.05 Å². The minimum absolute atomic E-state index is 0.219. The molecule has 0 fully saturated rings. The molecule has 2 amide bonds. The highest BCUT2D eigenvalue weighted by molar-refractivity contribution is 5.85. The molecule has 0 aromatic rings. The second kappa shape index (κ2) is 5.58. The first kappa shape index (κ1) is 13.7. The smallest absolute Gasteiger partial charge is 0.408 e. The number of ether oxygens (including phenoxy) is 1. The van der Waals surface area contributed by atoms with E-state index in [-0.39, 0.29) is 5.91 Å². The largest absolute Gasteiger partial charge is 0.444 e. The van der Waals surface area contributed by atoms with Crippen molar-refractivity contribution in [2.75, 3.05) is 7.05 Å². The Balaban J connectivity index is 4.20. The number of hydrogen-bond acceptors (Lipinski definition) is 3. The summed E-state index contributed by atoms with van der Waals surface area (Å²) in [4.78, 5) is 22.6. The maximum absolute atomic E-state index is 11.3. The first-order chi connectivity index (χ1) is 6.80. The zero-order chi connectivity index (χ0) is 12.1. The Hall–Kier alpha value is -1.26. The van der Waals surface area contributed by atoms with Crippen LogP contribution in [0, 0.1) is 0 Å². The molecule has 0 rings (SSSR count). The summed E-state index contributed by atoms with van der Waals surface area (Å²) in [6.07, 6.45) is -0.0446. The van der Waals surface area contributed by atoms with Crippen molar-refractivity contribution in [3.63, 3.8) is 0 Å². The molecular formula is C10H20N2O3. The summed E-state index contributed by atoms with van der Waals surface area (Å²) in [5.74, 6) is -0.219. The van der Waals surface area contributed by atoms with Crippen LogP contribution >= 0.6 is 0 Å². The molecule has 0 aliphatic heterocycles. The lowest BCUT2D eigenvalue weighted by Crippen LogP contribution is -2.46. The third-order valence-electron chi connectivity index (χ3n) is 1.66. The molecule has 5 heteroatoms. The third-order valence-corrected chi connectivity index (χ3v) is 1.66. The van der Waals surface area contributed by atoms with Gasteiger partial charge in [-0.25, -0.2) is 4.79 Å². The maximum atomic E-state index is 11.3. The van der Waals surface area contributed by atoms with E-state index in [0.717, 1.165) is 0 Å². The fourth-order valence-corrected chi connectivity index (χ4v) is 0.977. The van der Waals surface area contributed by atoms with Gasteiger partial charge in [0.05, 0.1) is 0 Å². The van der Waals surface area contributed by atoms with Crippen LogP contribution in [-0.2, 0) is 9.53 Å². The first-order valence-electron chi connectivity index (χ1n) is 5.01. The molecule has 0 aromatic heterocycles. The average molecular weight is 216 g/mol. The Morgan fingerprint density at radius 3 is 2.20 bits per heavy atom. The molecular weight excluding hydrogens is 196 g/mol. The van der Waals surface area contributed by atoms with Crippen LogP contribution in [0.1, 0.15) is 34.1 Å². The molecule has 1 unspecified atom stereocenters. The summed E-state index contributed by atoms with van der Waals surface area (Å²) in [5, 5.41) is 4.98. The summed E-state index contributed by atoms with van der Waals surface area (Å²) in [5.41, 5.74) is -0.551. The monoisotopic (exact) mass is 216 g/mol. The fourth-order valence-electron chi connectivity index (χ4n) is 0.977. The Labute approximate surface area is 90.6 Å². The van der Waals surface area contributed by atoms with E-state index in [9.17, 15) is 9.59 Å². The molecule has 0 radical (unpaired) electrons. The maximum Gasteiger partial charge on any atom is 0.408 e. The van der Waals surface area contributed by atoms with Crippen molar-refractivity contribution < 1.29 is 14.3 Å². The molecule has 0 saturated heterocycles. The Bertz CT molecular complexity index is 233. The normalized spacial score (nSPS) is 12.9. The van der Waals surface area contributed by atoms with Gasteiger partial charge in [-0.2, -0.15) is 0 Å². The molecule has 0 spiro atoms. The topological polar surface area (TPSA) is 67.4 Å². The zero-order valence-electron chi connectivity index (χ0n) is 10.0. The number of rotatable bonds is 3. The summed E-state index contributed by atoms with van der Waals surface area (Å²) in [6.45, 7) is 7.13. The molecule has 0 aromatic carbocycles. The number of nitrogens with one attached hydrogen (secondary N) is 2. The molecule has 2 N–H and O–H groups in total. The lowest BCUT2D eigenvalue weighted by molar-refractivity contribution is -0.122. The summed E-state index contributed by atoms with van der Waals surface area (Å²) in [7, 11) is 1.53. The van der Waals surface area contributed by atoms with E-state index in [4.69, 9.17) is 4.74 Å².